The first kappa shape index (κ1) is 13.5. The lowest BCUT2D eigenvalue weighted by Crippen LogP contribution is -2.18. The molecular weight excluding hydrogens is 318 g/mol. The maximum atomic E-state index is 5.39. The molecule has 0 bridgehead atoms. The van der Waals surface area contributed by atoms with Gasteiger partial charge < -0.3 is 14.8 Å². The molecule has 1 heterocycles. The van der Waals surface area contributed by atoms with Crippen LogP contribution in [0.1, 0.15) is 24.1 Å². The van der Waals surface area contributed by atoms with Gasteiger partial charge in [-0.3, -0.25) is 0 Å². The molecule has 1 aliphatic heterocycles. The van der Waals surface area contributed by atoms with E-state index in [-0.39, 0.29) is 6.04 Å². The number of hydrogen-bond donors (Lipinski definition) is 1. The van der Waals surface area contributed by atoms with Crippen LogP contribution in [0.4, 0.5) is 0 Å². The van der Waals surface area contributed by atoms with Crippen molar-refractivity contribution in [3.63, 3.8) is 0 Å². The maximum absolute atomic E-state index is 5.39. The SMILES string of the molecule is C[C@@H](NCc1ccc2c(c1)OCO2)c1cccc(Br)c1. The summed E-state index contributed by atoms with van der Waals surface area (Å²) in [6.07, 6.45) is 0. The molecule has 3 rings (SSSR count). The number of nitrogens with one attached hydrogen (secondary N) is 1. The monoisotopic (exact) mass is 333 g/mol. The summed E-state index contributed by atoms with van der Waals surface area (Å²) in [5.74, 6) is 1.66. The minimum absolute atomic E-state index is 0.290. The average Bonchev–Trinajstić information content (AvgIpc) is 2.92. The molecule has 0 saturated carbocycles. The fourth-order valence-electron chi connectivity index (χ4n) is 2.22. The van der Waals surface area contributed by atoms with Crippen LogP contribution in [0.15, 0.2) is 46.9 Å². The van der Waals surface area contributed by atoms with E-state index in [1.54, 1.807) is 0 Å². The lowest BCUT2D eigenvalue weighted by molar-refractivity contribution is 0.174. The van der Waals surface area contributed by atoms with Crippen LogP contribution in [0.3, 0.4) is 0 Å². The summed E-state index contributed by atoms with van der Waals surface area (Å²) in [5, 5.41) is 3.52. The average molecular weight is 334 g/mol. The van der Waals surface area contributed by atoms with Gasteiger partial charge in [0.25, 0.3) is 0 Å². The molecule has 0 aromatic heterocycles. The first-order valence-corrected chi connectivity index (χ1v) is 7.39. The maximum Gasteiger partial charge on any atom is 0.231 e. The van der Waals surface area contributed by atoms with Gasteiger partial charge in [-0.15, -0.1) is 0 Å². The Kier molecular flexibility index (Phi) is 3.94. The van der Waals surface area contributed by atoms with E-state index in [9.17, 15) is 0 Å². The van der Waals surface area contributed by atoms with Crippen molar-refractivity contribution in [2.24, 2.45) is 0 Å². The summed E-state index contributed by atoms with van der Waals surface area (Å²) in [4.78, 5) is 0. The number of benzene rings is 2. The molecular formula is C16H16BrNO2. The molecule has 0 spiro atoms. The third kappa shape index (κ3) is 2.97. The van der Waals surface area contributed by atoms with Gasteiger partial charge in [0, 0.05) is 17.1 Å². The summed E-state index contributed by atoms with van der Waals surface area (Å²) in [5.41, 5.74) is 2.45. The fourth-order valence-corrected chi connectivity index (χ4v) is 2.63. The molecule has 3 nitrogen and oxygen atoms in total. The fraction of sp³-hybridized carbons (Fsp3) is 0.250. The molecule has 1 aliphatic rings. The Morgan fingerprint density at radius 1 is 1.15 bits per heavy atom. The van der Waals surface area contributed by atoms with Crippen LogP contribution < -0.4 is 14.8 Å². The first-order chi connectivity index (χ1) is 9.72. The van der Waals surface area contributed by atoms with Gasteiger partial charge in [0.05, 0.1) is 0 Å². The molecule has 0 radical (unpaired) electrons. The van der Waals surface area contributed by atoms with Gasteiger partial charge >= 0.3 is 0 Å². The second kappa shape index (κ2) is 5.85. The van der Waals surface area contributed by atoms with Crippen LogP contribution in [-0.2, 0) is 6.54 Å². The van der Waals surface area contributed by atoms with Gasteiger partial charge in [-0.1, -0.05) is 34.1 Å². The van der Waals surface area contributed by atoms with Gasteiger partial charge in [-0.05, 0) is 42.3 Å². The lowest BCUT2D eigenvalue weighted by Gasteiger charge is -2.15. The van der Waals surface area contributed by atoms with Crippen LogP contribution in [-0.4, -0.2) is 6.79 Å². The molecule has 1 N–H and O–H groups in total. The van der Waals surface area contributed by atoms with Crippen molar-refractivity contribution in [2.75, 3.05) is 6.79 Å². The minimum Gasteiger partial charge on any atom is -0.454 e. The lowest BCUT2D eigenvalue weighted by atomic mass is 10.1. The van der Waals surface area contributed by atoms with Gasteiger partial charge in [-0.2, -0.15) is 0 Å². The summed E-state index contributed by atoms with van der Waals surface area (Å²) in [6, 6.07) is 14.7. The zero-order chi connectivity index (χ0) is 13.9. The highest BCUT2D eigenvalue weighted by atomic mass is 79.9. The Morgan fingerprint density at radius 3 is 2.85 bits per heavy atom. The van der Waals surface area contributed by atoms with Crippen LogP contribution in [0.2, 0.25) is 0 Å². The van der Waals surface area contributed by atoms with Crippen molar-refractivity contribution in [1.82, 2.24) is 5.32 Å². The van der Waals surface area contributed by atoms with Crippen molar-refractivity contribution < 1.29 is 9.47 Å². The largest absolute Gasteiger partial charge is 0.454 e. The molecule has 4 heteroatoms. The second-order valence-electron chi connectivity index (χ2n) is 4.85. The molecule has 20 heavy (non-hydrogen) atoms. The summed E-state index contributed by atoms with van der Waals surface area (Å²) < 4.78 is 11.8. The Labute approximate surface area is 127 Å². The predicted octanol–water partition coefficient (Wildman–Crippen LogP) is 4.03. The molecule has 0 amide bonds. The highest BCUT2D eigenvalue weighted by Gasteiger charge is 2.13. The third-order valence-corrected chi connectivity index (χ3v) is 3.89. The van der Waals surface area contributed by atoms with Crippen LogP contribution >= 0.6 is 15.9 Å². The number of hydrogen-bond acceptors (Lipinski definition) is 3. The van der Waals surface area contributed by atoms with Crippen molar-refractivity contribution >= 4 is 15.9 Å². The Balaban J connectivity index is 1.64. The summed E-state index contributed by atoms with van der Waals surface area (Å²) in [6.45, 7) is 3.28. The Bertz CT molecular complexity index is 615. The first-order valence-electron chi connectivity index (χ1n) is 6.60. The second-order valence-corrected chi connectivity index (χ2v) is 5.76. The molecule has 0 fully saturated rings. The van der Waals surface area contributed by atoms with Gasteiger partial charge in [0.1, 0.15) is 0 Å². The smallest absolute Gasteiger partial charge is 0.231 e. The third-order valence-electron chi connectivity index (χ3n) is 3.40. The van der Waals surface area contributed by atoms with Gasteiger partial charge in [0.2, 0.25) is 6.79 Å². The highest BCUT2D eigenvalue weighted by molar-refractivity contribution is 9.10. The molecule has 2 aromatic rings. The van der Waals surface area contributed by atoms with E-state index in [0.29, 0.717) is 6.79 Å². The molecule has 2 aromatic carbocycles. The van der Waals surface area contributed by atoms with E-state index in [1.165, 1.54) is 11.1 Å². The molecule has 1 atom stereocenters. The predicted molar refractivity (Wildman–Crippen MR) is 82.0 cm³/mol. The van der Waals surface area contributed by atoms with E-state index in [1.807, 2.05) is 18.2 Å². The van der Waals surface area contributed by atoms with E-state index >= 15 is 0 Å². The number of fused-ring (bicyclic) bond motifs is 1. The molecule has 0 unspecified atom stereocenters. The zero-order valence-electron chi connectivity index (χ0n) is 11.2. The summed E-state index contributed by atoms with van der Waals surface area (Å²) in [7, 11) is 0. The summed E-state index contributed by atoms with van der Waals surface area (Å²) >= 11 is 3.50. The van der Waals surface area contributed by atoms with Crippen LogP contribution in [0, 0.1) is 0 Å². The van der Waals surface area contributed by atoms with E-state index in [4.69, 9.17) is 9.47 Å². The standard InChI is InChI=1S/C16H16BrNO2/c1-11(13-3-2-4-14(17)8-13)18-9-12-5-6-15-16(7-12)20-10-19-15/h2-8,11,18H,9-10H2,1H3/t11-/m1/s1. The van der Waals surface area contributed by atoms with Crippen LogP contribution in [0.25, 0.3) is 0 Å². The Hall–Kier alpha value is -1.52. The van der Waals surface area contributed by atoms with Crippen molar-refractivity contribution in [2.45, 2.75) is 19.5 Å². The number of ether oxygens (including phenoxy) is 2. The van der Waals surface area contributed by atoms with Gasteiger partial charge in [0.15, 0.2) is 11.5 Å². The van der Waals surface area contributed by atoms with Crippen molar-refractivity contribution in [1.29, 1.82) is 0 Å². The molecule has 0 aliphatic carbocycles. The zero-order valence-corrected chi connectivity index (χ0v) is 12.8. The molecule has 0 saturated heterocycles. The number of rotatable bonds is 4. The van der Waals surface area contributed by atoms with Gasteiger partial charge in [-0.25, -0.2) is 0 Å². The van der Waals surface area contributed by atoms with Crippen molar-refractivity contribution in [3.8, 4) is 11.5 Å². The van der Waals surface area contributed by atoms with E-state index < -0.39 is 0 Å². The quantitative estimate of drug-likeness (QED) is 0.916. The minimum atomic E-state index is 0.290. The van der Waals surface area contributed by atoms with E-state index in [0.717, 1.165) is 22.5 Å². The van der Waals surface area contributed by atoms with E-state index in [2.05, 4.69) is 52.4 Å². The Morgan fingerprint density at radius 2 is 2.00 bits per heavy atom. The van der Waals surface area contributed by atoms with Crippen molar-refractivity contribution in [3.05, 3.63) is 58.1 Å². The molecule has 104 valence electrons. The highest BCUT2D eigenvalue weighted by Crippen LogP contribution is 2.32. The normalized spacial score (nSPS) is 14.3. The topological polar surface area (TPSA) is 30.5 Å². The number of halogens is 1. The van der Waals surface area contributed by atoms with Crippen LogP contribution in [0.5, 0.6) is 11.5 Å².